The fraction of sp³-hybridized carbons (Fsp3) is 0.105. The molecule has 0 aliphatic rings. The van der Waals surface area contributed by atoms with Crippen LogP contribution in [0.1, 0.15) is 11.4 Å². The highest BCUT2D eigenvalue weighted by Gasteiger charge is 2.11. The molecule has 2 aromatic carbocycles. The number of halogens is 1. The van der Waals surface area contributed by atoms with Gasteiger partial charge in [-0.05, 0) is 42.0 Å². The Balaban J connectivity index is 1.94. The molecule has 0 atom stereocenters. The van der Waals surface area contributed by atoms with Crippen LogP contribution in [0.5, 0.6) is 11.5 Å². The number of carboxylic acids is 1. The van der Waals surface area contributed by atoms with E-state index in [0.29, 0.717) is 28.2 Å². The minimum Gasteiger partial charge on any atom is -0.493 e. The molecule has 1 heterocycles. The number of hydrogen-bond acceptors (Lipinski definition) is 5. The van der Waals surface area contributed by atoms with E-state index in [-0.39, 0.29) is 11.3 Å². The number of aromatic nitrogens is 2. The van der Waals surface area contributed by atoms with E-state index in [4.69, 9.17) is 14.6 Å². The fourth-order valence-electron chi connectivity index (χ4n) is 2.46. The van der Waals surface area contributed by atoms with Gasteiger partial charge in [-0.15, -0.1) is 0 Å². The monoisotopic (exact) mass is 367 g/mol. The van der Waals surface area contributed by atoms with Crippen molar-refractivity contribution in [3.8, 4) is 17.6 Å². The number of carbonyl (C=O) groups is 1. The number of allylic oxidation sites excluding steroid dienone is 1. The smallest absolute Gasteiger partial charge is 0.341 e. The Hall–Kier alpha value is -3.86. The van der Waals surface area contributed by atoms with Crippen LogP contribution in [0.15, 0.2) is 36.4 Å². The maximum Gasteiger partial charge on any atom is 0.341 e. The molecule has 0 aliphatic heterocycles. The highest BCUT2D eigenvalue weighted by atomic mass is 19.1. The summed E-state index contributed by atoms with van der Waals surface area (Å²) in [7, 11) is 1.43. The third-order valence-electron chi connectivity index (χ3n) is 3.67. The normalized spacial score (nSPS) is 11.2. The van der Waals surface area contributed by atoms with Crippen LogP contribution in [-0.2, 0) is 4.79 Å². The Kier molecular flexibility index (Phi) is 5.04. The highest BCUT2D eigenvalue weighted by Crippen LogP contribution is 2.30. The largest absolute Gasteiger partial charge is 0.493 e. The Labute approximate surface area is 153 Å². The summed E-state index contributed by atoms with van der Waals surface area (Å²) in [6.07, 6.45) is 1.58. The summed E-state index contributed by atoms with van der Waals surface area (Å²) in [6.45, 7) is -0.496. The van der Waals surface area contributed by atoms with Crippen LogP contribution in [0, 0.1) is 17.1 Å². The topological polar surface area (TPSA) is 108 Å². The van der Waals surface area contributed by atoms with Crippen LogP contribution in [0.25, 0.3) is 22.7 Å². The zero-order valence-corrected chi connectivity index (χ0v) is 14.2. The predicted octanol–water partition coefficient (Wildman–Crippen LogP) is 3.24. The first kappa shape index (κ1) is 17.9. The van der Waals surface area contributed by atoms with Crippen molar-refractivity contribution >= 4 is 28.7 Å². The van der Waals surface area contributed by atoms with Gasteiger partial charge in [0.2, 0.25) is 0 Å². The first-order chi connectivity index (χ1) is 13.0. The van der Waals surface area contributed by atoms with Crippen molar-refractivity contribution in [3.05, 3.63) is 53.6 Å². The second kappa shape index (κ2) is 7.58. The number of rotatable bonds is 6. The van der Waals surface area contributed by atoms with Gasteiger partial charge in [-0.2, -0.15) is 5.26 Å². The van der Waals surface area contributed by atoms with Gasteiger partial charge in [0.05, 0.1) is 23.7 Å². The zero-order chi connectivity index (χ0) is 19.4. The Morgan fingerprint density at radius 3 is 2.85 bits per heavy atom. The van der Waals surface area contributed by atoms with E-state index in [9.17, 15) is 14.4 Å². The highest BCUT2D eigenvalue weighted by molar-refractivity contribution is 5.90. The number of aromatic amines is 1. The lowest BCUT2D eigenvalue weighted by Gasteiger charge is -2.09. The van der Waals surface area contributed by atoms with Crippen molar-refractivity contribution in [2.75, 3.05) is 13.7 Å². The maximum absolute atomic E-state index is 13.3. The first-order valence-electron chi connectivity index (χ1n) is 7.80. The van der Waals surface area contributed by atoms with Crippen molar-refractivity contribution in [3.63, 3.8) is 0 Å². The first-order valence-corrected chi connectivity index (χ1v) is 7.80. The van der Waals surface area contributed by atoms with Gasteiger partial charge in [-0.1, -0.05) is 6.07 Å². The van der Waals surface area contributed by atoms with Crippen LogP contribution in [-0.4, -0.2) is 34.8 Å². The molecule has 0 amide bonds. The molecule has 0 fully saturated rings. The zero-order valence-electron chi connectivity index (χ0n) is 14.2. The summed E-state index contributed by atoms with van der Waals surface area (Å²) in [5.41, 5.74) is 1.90. The van der Waals surface area contributed by atoms with Crippen LogP contribution in [0.4, 0.5) is 4.39 Å². The van der Waals surface area contributed by atoms with Crippen molar-refractivity contribution < 1.29 is 23.8 Å². The average molecular weight is 367 g/mol. The molecule has 0 aliphatic carbocycles. The number of benzene rings is 2. The molecular formula is C19H14FN3O4. The molecule has 0 bridgehead atoms. The van der Waals surface area contributed by atoms with Gasteiger partial charge in [-0.3, -0.25) is 0 Å². The van der Waals surface area contributed by atoms with Crippen molar-refractivity contribution in [1.82, 2.24) is 9.97 Å². The van der Waals surface area contributed by atoms with E-state index in [1.165, 1.54) is 25.3 Å². The Bertz CT molecular complexity index is 1080. The van der Waals surface area contributed by atoms with Crippen molar-refractivity contribution in [1.29, 1.82) is 5.26 Å². The van der Waals surface area contributed by atoms with E-state index >= 15 is 0 Å². The van der Waals surface area contributed by atoms with E-state index in [1.807, 2.05) is 0 Å². The number of imidazole rings is 1. The molecule has 0 radical (unpaired) electrons. The predicted molar refractivity (Wildman–Crippen MR) is 95.7 cm³/mol. The van der Waals surface area contributed by atoms with E-state index in [0.717, 1.165) is 0 Å². The number of hydrogen-bond donors (Lipinski definition) is 2. The van der Waals surface area contributed by atoms with Gasteiger partial charge in [0.1, 0.15) is 17.7 Å². The molecule has 27 heavy (non-hydrogen) atoms. The molecule has 3 rings (SSSR count). The summed E-state index contributed by atoms with van der Waals surface area (Å²) in [5, 5.41) is 18.2. The lowest BCUT2D eigenvalue weighted by atomic mass is 10.1. The number of nitrogens with one attached hydrogen (secondary N) is 1. The summed E-state index contributed by atoms with van der Waals surface area (Å²) in [4.78, 5) is 17.8. The number of methoxy groups -OCH3 is 1. The van der Waals surface area contributed by atoms with Gasteiger partial charge in [-0.25, -0.2) is 14.2 Å². The van der Waals surface area contributed by atoms with Gasteiger partial charge in [0.15, 0.2) is 18.1 Å². The van der Waals surface area contributed by atoms with Crippen LogP contribution >= 0.6 is 0 Å². The molecular weight excluding hydrogens is 353 g/mol. The molecule has 0 saturated carbocycles. The molecule has 136 valence electrons. The summed E-state index contributed by atoms with van der Waals surface area (Å²) in [5.74, 6) is -0.594. The quantitative estimate of drug-likeness (QED) is 0.648. The maximum atomic E-state index is 13.3. The molecule has 8 heteroatoms. The minimum absolute atomic E-state index is 0.243. The number of fused-ring (bicyclic) bond motifs is 1. The van der Waals surface area contributed by atoms with Gasteiger partial charge < -0.3 is 19.6 Å². The number of nitrogens with zero attached hydrogens (tertiary/aromatic N) is 2. The molecule has 7 nitrogen and oxygen atoms in total. The molecule has 0 saturated heterocycles. The number of H-pyrrole nitrogens is 1. The van der Waals surface area contributed by atoms with E-state index < -0.39 is 18.4 Å². The standard InChI is InChI=1S/C19H14FN3O4/c1-26-17-7-11(2-5-16(17)27-10-18(24)25)6-12(9-21)19-22-14-4-3-13(20)8-15(14)23-19/h2-8H,10H2,1H3,(H,22,23)(H,24,25)/b12-6-. The number of ether oxygens (including phenoxy) is 2. The van der Waals surface area contributed by atoms with Gasteiger partial charge >= 0.3 is 5.97 Å². The summed E-state index contributed by atoms with van der Waals surface area (Å²) in [6, 6.07) is 11.0. The van der Waals surface area contributed by atoms with Crippen LogP contribution < -0.4 is 9.47 Å². The third-order valence-corrected chi connectivity index (χ3v) is 3.67. The molecule has 1 aromatic heterocycles. The van der Waals surface area contributed by atoms with Crippen molar-refractivity contribution in [2.45, 2.75) is 0 Å². The van der Waals surface area contributed by atoms with Crippen LogP contribution in [0.2, 0.25) is 0 Å². The van der Waals surface area contributed by atoms with E-state index in [1.54, 1.807) is 24.3 Å². The number of aliphatic carboxylic acids is 1. The number of nitriles is 1. The molecule has 0 unspecified atom stereocenters. The SMILES string of the molecule is COc1cc(/C=C(/C#N)c2nc3ccc(F)cc3[nH]2)ccc1OCC(=O)O. The van der Waals surface area contributed by atoms with E-state index in [2.05, 4.69) is 16.0 Å². The fourth-order valence-corrected chi connectivity index (χ4v) is 2.46. The summed E-state index contributed by atoms with van der Waals surface area (Å²) >= 11 is 0. The van der Waals surface area contributed by atoms with Gasteiger partial charge in [0, 0.05) is 0 Å². The lowest BCUT2D eigenvalue weighted by molar-refractivity contribution is -0.139. The Morgan fingerprint density at radius 1 is 1.33 bits per heavy atom. The second-order valence-corrected chi connectivity index (χ2v) is 5.51. The van der Waals surface area contributed by atoms with Crippen LogP contribution in [0.3, 0.4) is 0 Å². The third kappa shape index (κ3) is 4.04. The average Bonchev–Trinajstić information content (AvgIpc) is 3.07. The lowest BCUT2D eigenvalue weighted by Crippen LogP contribution is -2.10. The minimum atomic E-state index is -1.10. The molecule has 0 spiro atoms. The van der Waals surface area contributed by atoms with Crippen molar-refractivity contribution in [2.24, 2.45) is 0 Å². The second-order valence-electron chi connectivity index (χ2n) is 5.51. The molecule has 3 aromatic rings. The summed E-state index contributed by atoms with van der Waals surface area (Å²) < 4.78 is 23.7. The van der Waals surface area contributed by atoms with Gasteiger partial charge in [0.25, 0.3) is 0 Å². The number of carboxylic acid groups (broad SMARTS) is 1. The molecule has 2 N–H and O–H groups in total. The Morgan fingerprint density at radius 2 is 2.15 bits per heavy atom.